The summed E-state index contributed by atoms with van der Waals surface area (Å²) in [6, 6.07) is 7.40. The van der Waals surface area contributed by atoms with Gasteiger partial charge in [0.25, 0.3) is 5.79 Å². The first-order valence-corrected chi connectivity index (χ1v) is 10.7. The lowest BCUT2D eigenvalue weighted by atomic mass is 10.1. The van der Waals surface area contributed by atoms with Gasteiger partial charge in [-0.05, 0) is 42.5 Å². The monoisotopic (exact) mass is 486 g/mol. The fourth-order valence-electron chi connectivity index (χ4n) is 2.69. The molecule has 0 amide bonds. The fourth-order valence-corrected chi connectivity index (χ4v) is 3.20. The van der Waals surface area contributed by atoms with Crippen molar-refractivity contribution in [2.75, 3.05) is 5.32 Å². The minimum atomic E-state index is -4.83. The third-order valence-electron chi connectivity index (χ3n) is 4.17. The zero-order chi connectivity index (χ0) is 24.6. The predicted molar refractivity (Wildman–Crippen MR) is 107 cm³/mol. The van der Waals surface area contributed by atoms with Gasteiger partial charge in [-0.1, -0.05) is 0 Å². The largest absolute Gasteiger partial charge is 0.457 e. The highest BCUT2D eigenvalue weighted by molar-refractivity contribution is 7.89. The Kier molecular flexibility index (Phi) is 6.13. The van der Waals surface area contributed by atoms with Gasteiger partial charge in [0.2, 0.25) is 10.0 Å². The van der Waals surface area contributed by atoms with Crippen molar-refractivity contribution in [1.82, 2.24) is 0 Å². The Labute approximate surface area is 186 Å². The number of benzene rings is 2. The van der Waals surface area contributed by atoms with Crippen LogP contribution >= 0.6 is 0 Å². The van der Waals surface area contributed by atoms with Gasteiger partial charge in [-0.2, -0.15) is 13.2 Å². The third-order valence-corrected chi connectivity index (χ3v) is 5.09. The maximum atomic E-state index is 13.6. The maximum Gasteiger partial charge on any atom is 0.420 e. The number of alkyl halides is 3. The molecule has 1 fully saturated rings. The lowest BCUT2D eigenvalue weighted by Gasteiger charge is -2.29. The molecule has 3 rings (SSSR count). The van der Waals surface area contributed by atoms with E-state index in [1.54, 1.807) is 0 Å². The van der Waals surface area contributed by atoms with Crippen LogP contribution < -0.4 is 15.2 Å². The van der Waals surface area contributed by atoms with Gasteiger partial charge in [-0.3, -0.25) is 0 Å². The molecular weight excluding hydrogens is 469 g/mol. The molecule has 0 saturated carbocycles. The third kappa shape index (κ3) is 5.81. The van der Waals surface area contributed by atoms with Crippen LogP contribution in [-0.2, 0) is 35.3 Å². The summed E-state index contributed by atoms with van der Waals surface area (Å²) in [7, 11) is -3.97. The van der Waals surface area contributed by atoms with Crippen LogP contribution in [0.2, 0.25) is 0 Å². The second-order valence-electron chi connectivity index (χ2n) is 7.21. The molecule has 0 aliphatic carbocycles. The summed E-state index contributed by atoms with van der Waals surface area (Å²) in [5.41, 5.74) is -1.81. The molecule has 3 N–H and O–H groups in total. The second kappa shape index (κ2) is 8.41. The summed E-state index contributed by atoms with van der Waals surface area (Å²) < 4.78 is 78.4. The standard InChI is InChI=1S/C20H17F3N2O7S/c1-19(2)31-17(26)14(18(27)32-19)10-25-11-3-8-16(15(9-11)20(21,22)23)30-12-4-6-13(7-5-12)33(24,28)29/h3-10,25H,1-2H3,(H2,24,28,29). The zero-order valence-electron chi connectivity index (χ0n) is 17.1. The fraction of sp³-hybridized carbons (Fsp3) is 0.200. The Morgan fingerprint density at radius 2 is 1.61 bits per heavy atom. The normalized spacial score (nSPS) is 16.0. The Bertz CT molecular complexity index is 1220. The van der Waals surface area contributed by atoms with Gasteiger partial charge < -0.3 is 19.5 Å². The van der Waals surface area contributed by atoms with Gasteiger partial charge in [-0.15, -0.1) is 0 Å². The molecular formula is C20H17F3N2O7S. The zero-order valence-corrected chi connectivity index (χ0v) is 17.9. The molecule has 33 heavy (non-hydrogen) atoms. The molecule has 176 valence electrons. The molecule has 2 aromatic carbocycles. The first-order valence-electron chi connectivity index (χ1n) is 9.11. The summed E-state index contributed by atoms with van der Waals surface area (Å²) in [6.07, 6.45) is -3.95. The van der Waals surface area contributed by atoms with Crippen LogP contribution in [0, 0.1) is 0 Å². The van der Waals surface area contributed by atoms with E-state index in [0.717, 1.165) is 36.5 Å². The maximum absolute atomic E-state index is 13.6. The number of esters is 2. The van der Waals surface area contributed by atoms with Gasteiger partial charge in [-0.25, -0.2) is 23.1 Å². The minimum Gasteiger partial charge on any atom is -0.457 e. The molecule has 0 atom stereocenters. The van der Waals surface area contributed by atoms with E-state index in [9.17, 15) is 31.2 Å². The smallest absolute Gasteiger partial charge is 0.420 e. The highest BCUT2D eigenvalue weighted by Crippen LogP contribution is 2.40. The molecule has 13 heteroatoms. The van der Waals surface area contributed by atoms with Gasteiger partial charge in [0.05, 0.1) is 4.90 Å². The quantitative estimate of drug-likeness (QED) is 0.374. The van der Waals surface area contributed by atoms with Gasteiger partial charge in [0, 0.05) is 25.7 Å². The number of hydrogen-bond donors (Lipinski definition) is 2. The molecule has 1 heterocycles. The molecule has 0 spiro atoms. The van der Waals surface area contributed by atoms with Crippen LogP contribution in [0.3, 0.4) is 0 Å². The van der Waals surface area contributed by atoms with Crippen LogP contribution in [-0.4, -0.2) is 26.1 Å². The Hall–Kier alpha value is -3.58. The number of anilines is 1. The summed E-state index contributed by atoms with van der Waals surface area (Å²) in [4.78, 5) is 23.6. The first kappa shape index (κ1) is 24.1. The molecule has 0 unspecified atom stereocenters. The number of nitrogens with one attached hydrogen (secondary N) is 1. The summed E-state index contributed by atoms with van der Waals surface area (Å²) >= 11 is 0. The van der Waals surface area contributed by atoms with Crippen molar-refractivity contribution < 1.29 is 45.4 Å². The van der Waals surface area contributed by atoms with Crippen molar-refractivity contribution >= 4 is 27.6 Å². The van der Waals surface area contributed by atoms with Crippen molar-refractivity contribution in [2.45, 2.75) is 30.7 Å². The lowest BCUT2D eigenvalue weighted by molar-refractivity contribution is -0.222. The first-order chi connectivity index (χ1) is 15.2. The van der Waals surface area contributed by atoms with Crippen molar-refractivity contribution in [3.63, 3.8) is 0 Å². The van der Waals surface area contributed by atoms with Crippen LogP contribution in [0.1, 0.15) is 19.4 Å². The number of sulfonamides is 1. The van der Waals surface area contributed by atoms with Crippen molar-refractivity contribution in [2.24, 2.45) is 5.14 Å². The van der Waals surface area contributed by atoms with Crippen LogP contribution in [0.5, 0.6) is 11.5 Å². The number of rotatable bonds is 5. The van der Waals surface area contributed by atoms with Crippen LogP contribution in [0.15, 0.2) is 59.1 Å². The number of ether oxygens (including phenoxy) is 3. The van der Waals surface area contributed by atoms with E-state index in [0.29, 0.717) is 6.07 Å². The average molecular weight is 486 g/mol. The molecule has 1 aliphatic rings. The van der Waals surface area contributed by atoms with E-state index >= 15 is 0 Å². The van der Waals surface area contributed by atoms with E-state index in [-0.39, 0.29) is 16.3 Å². The van der Waals surface area contributed by atoms with Crippen molar-refractivity contribution in [3.05, 3.63) is 59.8 Å². The molecule has 9 nitrogen and oxygen atoms in total. The van der Waals surface area contributed by atoms with Crippen molar-refractivity contribution in [1.29, 1.82) is 0 Å². The summed E-state index contributed by atoms with van der Waals surface area (Å²) in [5.74, 6) is -4.08. The molecule has 1 saturated heterocycles. The Morgan fingerprint density at radius 1 is 1.03 bits per heavy atom. The number of nitrogens with two attached hydrogens (primary N) is 1. The van der Waals surface area contributed by atoms with Crippen molar-refractivity contribution in [3.8, 4) is 11.5 Å². The molecule has 0 aromatic heterocycles. The summed E-state index contributed by atoms with van der Waals surface area (Å²) in [6.45, 7) is 2.70. The SMILES string of the molecule is CC1(C)OC(=O)C(=CNc2ccc(Oc3ccc(S(N)(=O)=O)cc3)c(C(F)(F)F)c2)C(=O)O1. The van der Waals surface area contributed by atoms with Gasteiger partial charge in [0.15, 0.2) is 5.57 Å². The second-order valence-corrected chi connectivity index (χ2v) is 8.77. The summed E-state index contributed by atoms with van der Waals surface area (Å²) in [5, 5.41) is 7.41. The number of halogens is 3. The van der Waals surface area contributed by atoms with Crippen LogP contribution in [0.4, 0.5) is 18.9 Å². The number of primary sulfonamides is 1. The molecule has 2 aromatic rings. The minimum absolute atomic E-state index is 0.0639. The topological polar surface area (TPSA) is 134 Å². The Morgan fingerprint density at radius 3 is 2.12 bits per heavy atom. The van der Waals surface area contributed by atoms with E-state index in [4.69, 9.17) is 19.3 Å². The average Bonchev–Trinajstić information content (AvgIpc) is 2.66. The highest BCUT2D eigenvalue weighted by atomic mass is 32.2. The molecule has 1 aliphatic heterocycles. The highest BCUT2D eigenvalue weighted by Gasteiger charge is 2.39. The number of cyclic esters (lactones) is 2. The number of carbonyl (C=O) groups is 2. The van der Waals surface area contributed by atoms with Crippen LogP contribution in [0.25, 0.3) is 0 Å². The number of hydrogen-bond acceptors (Lipinski definition) is 8. The van der Waals surface area contributed by atoms with E-state index in [1.165, 1.54) is 19.9 Å². The van der Waals surface area contributed by atoms with E-state index < -0.39 is 50.8 Å². The Balaban J connectivity index is 1.86. The van der Waals surface area contributed by atoms with Gasteiger partial charge >= 0.3 is 18.1 Å². The molecule has 0 radical (unpaired) electrons. The lowest BCUT2D eigenvalue weighted by Crippen LogP contribution is -2.42. The van der Waals surface area contributed by atoms with Gasteiger partial charge in [0.1, 0.15) is 17.1 Å². The van der Waals surface area contributed by atoms with E-state index in [2.05, 4.69) is 5.32 Å². The molecule has 0 bridgehead atoms. The van der Waals surface area contributed by atoms with E-state index in [1.807, 2.05) is 0 Å². The number of carbonyl (C=O) groups excluding carboxylic acids is 2. The predicted octanol–water partition coefficient (Wildman–Crippen LogP) is 3.28.